The second-order valence-corrected chi connectivity index (χ2v) is 4.79. The monoisotopic (exact) mass is 258 g/mol. The molecule has 0 atom stereocenters. The number of nitrogens with zero attached hydrogens (tertiary/aromatic N) is 3. The van der Waals surface area contributed by atoms with E-state index in [1.165, 1.54) is 0 Å². The number of guanidine groups is 1. The Hall–Kier alpha value is -1.17. The van der Waals surface area contributed by atoms with E-state index < -0.39 is 0 Å². The Morgan fingerprint density at radius 2 is 2.41 bits per heavy atom. The number of nitrogens with one attached hydrogen (secondary N) is 1. The van der Waals surface area contributed by atoms with Gasteiger partial charge in [-0.15, -0.1) is 11.3 Å². The first-order valence-electron chi connectivity index (χ1n) is 5.56. The molecule has 1 N–H and O–H groups in total. The van der Waals surface area contributed by atoms with Crippen LogP contribution >= 0.6 is 11.3 Å². The highest BCUT2D eigenvalue weighted by atomic mass is 32.1. The molecule has 0 amide bonds. The van der Waals surface area contributed by atoms with Crippen LogP contribution in [0.15, 0.2) is 10.4 Å². The summed E-state index contributed by atoms with van der Waals surface area (Å²) in [5, 5.41) is 6.21. The third-order valence-electron chi connectivity index (χ3n) is 2.23. The van der Waals surface area contributed by atoms with Gasteiger partial charge in [0, 0.05) is 26.0 Å². The number of halogens is 1. The molecular weight excluding hydrogens is 239 g/mol. The third-order valence-corrected chi connectivity index (χ3v) is 3.05. The highest BCUT2D eigenvalue weighted by molar-refractivity contribution is 7.09. The van der Waals surface area contributed by atoms with E-state index in [9.17, 15) is 4.39 Å². The lowest BCUT2D eigenvalue weighted by atomic mass is 10.4. The number of hydrogen-bond donors (Lipinski definition) is 1. The zero-order chi connectivity index (χ0) is 12.7. The molecule has 0 saturated heterocycles. The van der Waals surface area contributed by atoms with E-state index in [4.69, 9.17) is 0 Å². The van der Waals surface area contributed by atoms with Gasteiger partial charge in [-0.05, 0) is 13.3 Å². The van der Waals surface area contributed by atoms with Crippen molar-refractivity contribution in [2.24, 2.45) is 4.99 Å². The number of aliphatic imine (C=N–C) groups is 1. The van der Waals surface area contributed by atoms with Crippen LogP contribution in [0.25, 0.3) is 0 Å². The first-order chi connectivity index (χ1) is 8.17. The van der Waals surface area contributed by atoms with Crippen LogP contribution in [0.4, 0.5) is 4.39 Å². The van der Waals surface area contributed by atoms with Gasteiger partial charge in [0.25, 0.3) is 0 Å². The fourth-order valence-corrected chi connectivity index (χ4v) is 2.05. The smallest absolute Gasteiger partial charge is 0.193 e. The van der Waals surface area contributed by atoms with E-state index in [2.05, 4.69) is 15.3 Å². The molecule has 0 radical (unpaired) electrons. The lowest BCUT2D eigenvalue weighted by Crippen LogP contribution is -2.39. The molecule has 4 nitrogen and oxygen atoms in total. The number of aryl methyl sites for hydroxylation is 1. The van der Waals surface area contributed by atoms with Crippen molar-refractivity contribution in [2.75, 3.05) is 27.3 Å². The largest absolute Gasteiger partial charge is 0.356 e. The predicted molar refractivity (Wildman–Crippen MR) is 70.3 cm³/mol. The van der Waals surface area contributed by atoms with Crippen molar-refractivity contribution >= 4 is 17.3 Å². The van der Waals surface area contributed by atoms with Gasteiger partial charge < -0.3 is 10.2 Å². The Bertz CT molecular complexity index is 364. The van der Waals surface area contributed by atoms with Gasteiger partial charge in [-0.1, -0.05) is 0 Å². The van der Waals surface area contributed by atoms with E-state index >= 15 is 0 Å². The maximum absolute atomic E-state index is 12.0. The molecule has 0 bridgehead atoms. The normalized spacial score (nSPS) is 11.6. The predicted octanol–water partition coefficient (Wildman–Crippen LogP) is 1.82. The van der Waals surface area contributed by atoms with Crippen molar-refractivity contribution < 1.29 is 4.39 Å². The SMILES string of the molecule is CN=C(NCCCF)N(C)Cc1csc(C)n1. The van der Waals surface area contributed by atoms with Gasteiger partial charge in [-0.2, -0.15) is 0 Å². The maximum atomic E-state index is 12.0. The molecule has 1 aromatic rings. The average Bonchev–Trinajstić information content (AvgIpc) is 2.70. The zero-order valence-electron chi connectivity index (χ0n) is 10.5. The van der Waals surface area contributed by atoms with Crippen LogP contribution in [-0.2, 0) is 6.54 Å². The summed E-state index contributed by atoms with van der Waals surface area (Å²) in [6, 6.07) is 0. The van der Waals surface area contributed by atoms with Gasteiger partial charge in [0.15, 0.2) is 5.96 Å². The molecular formula is C11H19FN4S. The van der Waals surface area contributed by atoms with Crippen LogP contribution < -0.4 is 5.32 Å². The van der Waals surface area contributed by atoms with Crippen LogP contribution in [0.3, 0.4) is 0 Å². The van der Waals surface area contributed by atoms with Crippen molar-refractivity contribution in [1.29, 1.82) is 0 Å². The molecule has 0 aromatic carbocycles. The summed E-state index contributed by atoms with van der Waals surface area (Å²) >= 11 is 1.64. The van der Waals surface area contributed by atoms with Gasteiger partial charge in [0.2, 0.25) is 0 Å². The van der Waals surface area contributed by atoms with Gasteiger partial charge in [0.1, 0.15) is 0 Å². The zero-order valence-corrected chi connectivity index (χ0v) is 11.4. The highest BCUT2D eigenvalue weighted by Crippen LogP contribution is 2.09. The molecule has 6 heteroatoms. The van der Waals surface area contributed by atoms with E-state index in [1.807, 2.05) is 24.3 Å². The average molecular weight is 258 g/mol. The van der Waals surface area contributed by atoms with Crippen LogP contribution in [0.5, 0.6) is 0 Å². The van der Waals surface area contributed by atoms with Crippen LogP contribution in [0, 0.1) is 6.92 Å². The lowest BCUT2D eigenvalue weighted by molar-refractivity contribution is 0.448. The first kappa shape index (κ1) is 13.9. The Balaban J connectivity index is 2.46. The summed E-state index contributed by atoms with van der Waals surface area (Å²) in [6.07, 6.45) is 0.503. The van der Waals surface area contributed by atoms with Crippen LogP contribution in [0.2, 0.25) is 0 Å². The van der Waals surface area contributed by atoms with Gasteiger partial charge >= 0.3 is 0 Å². The summed E-state index contributed by atoms with van der Waals surface area (Å²) < 4.78 is 12.0. The fraction of sp³-hybridized carbons (Fsp3) is 0.636. The molecule has 0 aliphatic carbocycles. The topological polar surface area (TPSA) is 40.5 Å². The second-order valence-electron chi connectivity index (χ2n) is 3.73. The summed E-state index contributed by atoms with van der Waals surface area (Å²) in [6.45, 7) is 2.99. The van der Waals surface area contributed by atoms with Gasteiger partial charge in [0.05, 0.1) is 23.9 Å². The molecule has 1 aromatic heterocycles. The van der Waals surface area contributed by atoms with Crippen LogP contribution in [0.1, 0.15) is 17.1 Å². The van der Waals surface area contributed by atoms with Crippen molar-refractivity contribution in [2.45, 2.75) is 19.9 Å². The standard InChI is InChI=1S/C11H19FN4S/c1-9-15-10(8-17-9)7-16(3)11(13-2)14-6-4-5-12/h8H,4-7H2,1-3H3,(H,13,14). The highest BCUT2D eigenvalue weighted by Gasteiger charge is 2.07. The minimum Gasteiger partial charge on any atom is -0.356 e. The molecule has 1 heterocycles. The first-order valence-corrected chi connectivity index (χ1v) is 6.44. The number of aromatic nitrogens is 1. The minimum atomic E-state index is -0.307. The summed E-state index contributed by atoms with van der Waals surface area (Å²) in [4.78, 5) is 10.5. The molecule has 96 valence electrons. The quantitative estimate of drug-likeness (QED) is 0.497. The molecule has 17 heavy (non-hydrogen) atoms. The molecule has 0 aliphatic rings. The minimum absolute atomic E-state index is 0.307. The summed E-state index contributed by atoms with van der Waals surface area (Å²) in [5.74, 6) is 0.768. The van der Waals surface area contributed by atoms with Crippen molar-refractivity contribution in [1.82, 2.24) is 15.2 Å². The van der Waals surface area contributed by atoms with E-state index in [0.717, 1.165) is 16.7 Å². The van der Waals surface area contributed by atoms with Crippen molar-refractivity contribution in [3.8, 4) is 0 Å². The fourth-order valence-electron chi connectivity index (χ4n) is 1.45. The Kier molecular flexibility index (Phi) is 5.90. The summed E-state index contributed by atoms with van der Waals surface area (Å²) in [5.41, 5.74) is 1.03. The Labute approximate surface area is 106 Å². The Morgan fingerprint density at radius 3 is 2.94 bits per heavy atom. The molecule has 0 spiro atoms. The number of hydrogen-bond acceptors (Lipinski definition) is 3. The lowest BCUT2D eigenvalue weighted by Gasteiger charge is -2.20. The summed E-state index contributed by atoms with van der Waals surface area (Å²) in [7, 11) is 3.67. The molecule has 0 fully saturated rings. The van der Waals surface area contributed by atoms with E-state index in [0.29, 0.717) is 19.5 Å². The van der Waals surface area contributed by atoms with E-state index in [1.54, 1.807) is 18.4 Å². The molecule has 0 aliphatic heterocycles. The maximum Gasteiger partial charge on any atom is 0.193 e. The van der Waals surface area contributed by atoms with Gasteiger partial charge in [-0.3, -0.25) is 9.38 Å². The molecule has 0 saturated carbocycles. The van der Waals surface area contributed by atoms with Crippen molar-refractivity contribution in [3.63, 3.8) is 0 Å². The number of alkyl halides is 1. The van der Waals surface area contributed by atoms with E-state index in [-0.39, 0.29) is 6.67 Å². The second kappa shape index (κ2) is 7.21. The van der Waals surface area contributed by atoms with Gasteiger partial charge in [-0.25, -0.2) is 4.98 Å². The molecule has 0 unspecified atom stereocenters. The number of rotatable bonds is 5. The Morgan fingerprint density at radius 1 is 1.65 bits per heavy atom. The molecule has 1 rings (SSSR count). The van der Waals surface area contributed by atoms with Crippen LogP contribution in [-0.4, -0.2) is 43.2 Å². The number of thiazole rings is 1. The third kappa shape index (κ3) is 4.68. The van der Waals surface area contributed by atoms with Crippen molar-refractivity contribution in [3.05, 3.63) is 16.1 Å².